The molecule has 0 aliphatic carbocycles. The van der Waals surface area contributed by atoms with Crippen LogP contribution in [-0.4, -0.2) is 12.1 Å². The molecule has 0 bridgehead atoms. The number of benzene rings is 1. The Balaban J connectivity index is 1.99. The van der Waals surface area contributed by atoms with Crippen molar-refractivity contribution in [3.8, 4) is 5.75 Å². The molecular weight excluding hydrogens is 244 g/mol. The fourth-order valence-corrected chi connectivity index (χ4v) is 2.21. The molecule has 1 N–H and O–H groups in total. The maximum absolute atomic E-state index is 5.75. The predicted octanol–water partition coefficient (Wildman–Crippen LogP) is 3.42. The standard InChI is InChI=1S/C11H11ClN2OS/c1-15-9-4-2-3-8(5-9)13-6-10-7-14-11(12)16-10/h2-5,7,13H,6H2,1H3. The van der Waals surface area contributed by atoms with Crippen LogP contribution in [0.4, 0.5) is 5.69 Å². The summed E-state index contributed by atoms with van der Waals surface area (Å²) in [5, 5.41) is 3.28. The van der Waals surface area contributed by atoms with Gasteiger partial charge in [0.15, 0.2) is 4.47 Å². The first-order chi connectivity index (χ1) is 7.78. The number of hydrogen-bond acceptors (Lipinski definition) is 4. The molecule has 84 valence electrons. The van der Waals surface area contributed by atoms with Gasteiger partial charge in [0, 0.05) is 22.8 Å². The molecule has 2 aromatic rings. The van der Waals surface area contributed by atoms with Crippen LogP contribution in [-0.2, 0) is 6.54 Å². The zero-order chi connectivity index (χ0) is 11.4. The normalized spacial score (nSPS) is 10.1. The monoisotopic (exact) mass is 254 g/mol. The molecule has 2 rings (SSSR count). The van der Waals surface area contributed by atoms with E-state index in [2.05, 4.69) is 10.3 Å². The summed E-state index contributed by atoms with van der Waals surface area (Å²) in [6.07, 6.45) is 1.78. The molecule has 0 spiro atoms. The van der Waals surface area contributed by atoms with Gasteiger partial charge in [-0.05, 0) is 12.1 Å². The summed E-state index contributed by atoms with van der Waals surface area (Å²) in [7, 11) is 1.65. The number of methoxy groups -OCH3 is 1. The fraction of sp³-hybridized carbons (Fsp3) is 0.182. The quantitative estimate of drug-likeness (QED) is 0.908. The Morgan fingerprint density at radius 1 is 1.50 bits per heavy atom. The third kappa shape index (κ3) is 2.87. The second-order valence-electron chi connectivity index (χ2n) is 3.17. The van der Waals surface area contributed by atoms with Crippen molar-refractivity contribution in [2.45, 2.75) is 6.54 Å². The van der Waals surface area contributed by atoms with E-state index in [0.717, 1.165) is 22.9 Å². The van der Waals surface area contributed by atoms with Crippen LogP contribution < -0.4 is 10.1 Å². The van der Waals surface area contributed by atoms with Crippen LogP contribution in [0, 0.1) is 0 Å². The van der Waals surface area contributed by atoms with Crippen LogP contribution in [0.25, 0.3) is 0 Å². The van der Waals surface area contributed by atoms with E-state index in [1.807, 2.05) is 24.3 Å². The van der Waals surface area contributed by atoms with Gasteiger partial charge in [-0.2, -0.15) is 0 Å². The van der Waals surface area contributed by atoms with Gasteiger partial charge in [-0.1, -0.05) is 17.7 Å². The number of ether oxygens (including phenoxy) is 1. The minimum absolute atomic E-state index is 0.572. The van der Waals surface area contributed by atoms with E-state index in [0.29, 0.717) is 4.47 Å². The third-order valence-corrected chi connectivity index (χ3v) is 3.18. The van der Waals surface area contributed by atoms with Gasteiger partial charge in [-0.15, -0.1) is 11.3 Å². The number of nitrogens with one attached hydrogen (secondary N) is 1. The van der Waals surface area contributed by atoms with Crippen molar-refractivity contribution in [2.24, 2.45) is 0 Å². The molecule has 5 heteroatoms. The van der Waals surface area contributed by atoms with Crippen LogP contribution in [0.2, 0.25) is 4.47 Å². The molecule has 1 aromatic heterocycles. The van der Waals surface area contributed by atoms with E-state index in [-0.39, 0.29) is 0 Å². The summed E-state index contributed by atoms with van der Waals surface area (Å²) >= 11 is 7.23. The summed E-state index contributed by atoms with van der Waals surface area (Å²) in [5.74, 6) is 0.840. The van der Waals surface area contributed by atoms with Crippen molar-refractivity contribution in [1.82, 2.24) is 4.98 Å². The highest BCUT2D eigenvalue weighted by atomic mass is 35.5. The Kier molecular flexibility index (Phi) is 3.64. The van der Waals surface area contributed by atoms with Gasteiger partial charge in [0.2, 0.25) is 0 Å². The molecule has 0 aliphatic heterocycles. The minimum Gasteiger partial charge on any atom is -0.497 e. The van der Waals surface area contributed by atoms with Crippen LogP contribution >= 0.6 is 22.9 Å². The molecule has 0 unspecified atom stereocenters. The van der Waals surface area contributed by atoms with Crippen molar-refractivity contribution >= 4 is 28.6 Å². The van der Waals surface area contributed by atoms with Gasteiger partial charge in [0.1, 0.15) is 5.75 Å². The van der Waals surface area contributed by atoms with E-state index in [1.54, 1.807) is 13.3 Å². The average Bonchev–Trinajstić information content (AvgIpc) is 2.73. The molecule has 16 heavy (non-hydrogen) atoms. The SMILES string of the molecule is COc1cccc(NCc2cnc(Cl)s2)c1. The first-order valence-corrected chi connectivity index (χ1v) is 5.95. The highest BCUT2D eigenvalue weighted by Crippen LogP contribution is 2.21. The molecule has 0 fully saturated rings. The largest absolute Gasteiger partial charge is 0.497 e. The number of halogens is 1. The zero-order valence-corrected chi connectivity index (χ0v) is 10.3. The molecule has 0 radical (unpaired) electrons. The summed E-state index contributed by atoms with van der Waals surface area (Å²) in [6, 6.07) is 7.80. The highest BCUT2D eigenvalue weighted by Gasteiger charge is 2.00. The van der Waals surface area contributed by atoms with Crippen LogP contribution in [0.3, 0.4) is 0 Å². The Morgan fingerprint density at radius 3 is 3.06 bits per heavy atom. The van der Waals surface area contributed by atoms with Crippen LogP contribution in [0.15, 0.2) is 30.5 Å². The van der Waals surface area contributed by atoms with Crippen molar-refractivity contribution in [2.75, 3.05) is 12.4 Å². The Hall–Kier alpha value is -1.26. The number of hydrogen-bond donors (Lipinski definition) is 1. The lowest BCUT2D eigenvalue weighted by Gasteiger charge is -2.06. The van der Waals surface area contributed by atoms with E-state index >= 15 is 0 Å². The molecule has 1 aromatic carbocycles. The Labute approximate surface area is 103 Å². The molecule has 1 heterocycles. The van der Waals surface area contributed by atoms with Crippen molar-refractivity contribution in [3.05, 3.63) is 39.8 Å². The average molecular weight is 255 g/mol. The molecule has 0 atom stereocenters. The molecule has 3 nitrogen and oxygen atoms in total. The van der Waals surface area contributed by atoms with Crippen LogP contribution in [0.1, 0.15) is 4.88 Å². The van der Waals surface area contributed by atoms with Gasteiger partial charge in [0.25, 0.3) is 0 Å². The van der Waals surface area contributed by atoms with Crippen molar-refractivity contribution < 1.29 is 4.74 Å². The van der Waals surface area contributed by atoms with Gasteiger partial charge >= 0.3 is 0 Å². The molecular formula is C11H11ClN2OS. The summed E-state index contributed by atoms with van der Waals surface area (Å²) < 4.78 is 5.71. The number of thiazole rings is 1. The number of nitrogens with zero attached hydrogens (tertiary/aromatic N) is 1. The van der Waals surface area contributed by atoms with Gasteiger partial charge in [0.05, 0.1) is 13.7 Å². The second-order valence-corrected chi connectivity index (χ2v) is 4.86. The predicted molar refractivity (Wildman–Crippen MR) is 67.4 cm³/mol. The second kappa shape index (κ2) is 5.18. The number of anilines is 1. The summed E-state index contributed by atoms with van der Waals surface area (Å²) in [5.41, 5.74) is 1.02. The number of aromatic nitrogens is 1. The molecule has 0 saturated heterocycles. The van der Waals surface area contributed by atoms with E-state index in [4.69, 9.17) is 16.3 Å². The maximum Gasteiger partial charge on any atom is 0.183 e. The topological polar surface area (TPSA) is 34.1 Å². The number of rotatable bonds is 4. The lowest BCUT2D eigenvalue weighted by molar-refractivity contribution is 0.415. The smallest absolute Gasteiger partial charge is 0.183 e. The first-order valence-electron chi connectivity index (χ1n) is 4.76. The van der Waals surface area contributed by atoms with Gasteiger partial charge in [-0.25, -0.2) is 4.98 Å². The lowest BCUT2D eigenvalue weighted by Crippen LogP contribution is -1.97. The van der Waals surface area contributed by atoms with Gasteiger partial charge < -0.3 is 10.1 Å². The van der Waals surface area contributed by atoms with E-state index in [9.17, 15) is 0 Å². The maximum atomic E-state index is 5.75. The zero-order valence-electron chi connectivity index (χ0n) is 8.74. The van der Waals surface area contributed by atoms with Crippen molar-refractivity contribution in [3.63, 3.8) is 0 Å². The lowest BCUT2D eigenvalue weighted by atomic mass is 10.3. The first kappa shape index (κ1) is 11.2. The molecule has 0 amide bonds. The fourth-order valence-electron chi connectivity index (χ4n) is 1.29. The van der Waals surface area contributed by atoms with Crippen LogP contribution in [0.5, 0.6) is 5.75 Å². The summed E-state index contributed by atoms with van der Waals surface area (Å²) in [4.78, 5) is 5.09. The highest BCUT2D eigenvalue weighted by molar-refractivity contribution is 7.15. The molecule has 0 saturated carbocycles. The minimum atomic E-state index is 0.572. The summed E-state index contributed by atoms with van der Waals surface area (Å²) in [6.45, 7) is 0.720. The van der Waals surface area contributed by atoms with Crippen molar-refractivity contribution in [1.29, 1.82) is 0 Å². The van der Waals surface area contributed by atoms with Gasteiger partial charge in [-0.3, -0.25) is 0 Å². The Morgan fingerprint density at radius 2 is 2.38 bits per heavy atom. The Bertz CT molecular complexity index is 473. The third-order valence-electron chi connectivity index (χ3n) is 2.06. The van der Waals surface area contributed by atoms with E-state index < -0.39 is 0 Å². The van der Waals surface area contributed by atoms with E-state index in [1.165, 1.54) is 11.3 Å². The molecule has 0 aliphatic rings.